The van der Waals surface area contributed by atoms with Gasteiger partial charge in [-0.15, -0.1) is 0 Å². The van der Waals surface area contributed by atoms with Gasteiger partial charge in [0.05, 0.1) is 5.69 Å². The van der Waals surface area contributed by atoms with Crippen molar-refractivity contribution in [1.82, 2.24) is 0 Å². The molecule has 1 aliphatic rings. The largest absolute Gasteiger partial charge is 0.423 e. The van der Waals surface area contributed by atoms with E-state index in [9.17, 15) is 57.5 Å². The van der Waals surface area contributed by atoms with E-state index in [-0.39, 0.29) is 10.5 Å². The van der Waals surface area contributed by atoms with E-state index in [1.807, 2.05) is 0 Å². The summed E-state index contributed by atoms with van der Waals surface area (Å²) in [6.07, 6.45) is -39.7. The Hall–Kier alpha value is -2.23. The second-order valence-electron chi connectivity index (χ2n) is 6.96. The van der Waals surface area contributed by atoms with Gasteiger partial charge in [-0.05, 0) is 13.0 Å². The van der Waals surface area contributed by atoms with Gasteiger partial charge in [0, 0.05) is 12.5 Å². The standard InChI is InChI=1S/C17H13F12NO3/c1-6-3-4-9-8(5-6)10(32-12(14(18,19)20)15(21,22)23)11(30(9)7(2)31)33-13(16(24,25)26)17(27,28)29/h3-5,10-13H,1-2H3. The first-order chi connectivity index (χ1) is 14.7. The molecule has 1 aromatic rings. The summed E-state index contributed by atoms with van der Waals surface area (Å²) in [5.41, 5.74) is -1.13. The van der Waals surface area contributed by atoms with E-state index in [0.29, 0.717) is 6.92 Å². The monoisotopic (exact) mass is 507 g/mol. The lowest BCUT2D eigenvalue weighted by Gasteiger charge is -2.34. The van der Waals surface area contributed by atoms with Gasteiger partial charge in [0.1, 0.15) is 6.10 Å². The van der Waals surface area contributed by atoms with E-state index in [1.165, 1.54) is 13.0 Å². The third-order valence-electron chi connectivity index (χ3n) is 4.35. The van der Waals surface area contributed by atoms with Crippen molar-refractivity contribution in [2.45, 2.75) is 63.1 Å². The van der Waals surface area contributed by atoms with Crippen molar-refractivity contribution in [2.24, 2.45) is 0 Å². The lowest BCUT2D eigenvalue weighted by Crippen LogP contribution is -2.53. The molecule has 1 heterocycles. The number of fused-ring (bicyclic) bond motifs is 1. The molecule has 188 valence electrons. The van der Waals surface area contributed by atoms with Gasteiger partial charge in [-0.3, -0.25) is 9.69 Å². The summed E-state index contributed by atoms with van der Waals surface area (Å²) < 4.78 is 164. The highest BCUT2D eigenvalue weighted by Gasteiger charge is 2.63. The van der Waals surface area contributed by atoms with Crippen molar-refractivity contribution in [2.75, 3.05) is 4.90 Å². The number of anilines is 1. The van der Waals surface area contributed by atoms with Crippen LogP contribution in [0.4, 0.5) is 58.4 Å². The maximum atomic E-state index is 13.0. The second kappa shape index (κ2) is 8.52. The summed E-state index contributed by atoms with van der Waals surface area (Å²) in [6, 6.07) is 2.95. The number of amides is 1. The number of alkyl halides is 12. The molecule has 2 unspecified atom stereocenters. The lowest BCUT2D eigenvalue weighted by molar-refractivity contribution is -0.356. The van der Waals surface area contributed by atoms with Crippen LogP contribution < -0.4 is 4.90 Å². The lowest BCUT2D eigenvalue weighted by atomic mass is 10.1. The van der Waals surface area contributed by atoms with Gasteiger partial charge in [-0.25, -0.2) is 0 Å². The minimum absolute atomic E-state index is 0.0771. The van der Waals surface area contributed by atoms with E-state index in [0.717, 1.165) is 12.1 Å². The highest BCUT2D eigenvalue weighted by molar-refractivity contribution is 5.94. The van der Waals surface area contributed by atoms with Crippen LogP contribution in [0.1, 0.15) is 24.2 Å². The van der Waals surface area contributed by atoms with E-state index < -0.39 is 66.4 Å². The molecule has 0 N–H and O–H groups in total. The smallest absolute Gasteiger partial charge is 0.348 e. The van der Waals surface area contributed by atoms with Gasteiger partial charge in [-0.1, -0.05) is 17.7 Å². The Kier molecular flexibility index (Phi) is 6.98. The summed E-state index contributed by atoms with van der Waals surface area (Å²) in [6.45, 7) is 1.90. The fraction of sp³-hybridized carbons (Fsp3) is 0.588. The van der Waals surface area contributed by atoms with Crippen LogP contribution in [0.5, 0.6) is 0 Å². The summed E-state index contributed by atoms with van der Waals surface area (Å²) in [4.78, 5) is 12.1. The summed E-state index contributed by atoms with van der Waals surface area (Å²) >= 11 is 0. The van der Waals surface area contributed by atoms with Crippen LogP contribution in [0.2, 0.25) is 0 Å². The van der Waals surface area contributed by atoms with Crippen LogP contribution in [0, 0.1) is 6.92 Å². The van der Waals surface area contributed by atoms with Gasteiger partial charge in [0.15, 0.2) is 6.23 Å². The van der Waals surface area contributed by atoms with Crippen molar-refractivity contribution < 1.29 is 67.0 Å². The molecule has 1 amide bonds. The first-order valence-corrected chi connectivity index (χ1v) is 8.63. The third-order valence-corrected chi connectivity index (χ3v) is 4.35. The fourth-order valence-electron chi connectivity index (χ4n) is 3.13. The first-order valence-electron chi connectivity index (χ1n) is 8.63. The average molecular weight is 507 g/mol. The molecule has 0 spiro atoms. The average Bonchev–Trinajstić information content (AvgIpc) is 2.85. The molecule has 0 saturated heterocycles. The molecule has 33 heavy (non-hydrogen) atoms. The number of ether oxygens (including phenoxy) is 2. The van der Waals surface area contributed by atoms with Crippen molar-refractivity contribution in [3.63, 3.8) is 0 Å². The molecule has 4 nitrogen and oxygen atoms in total. The first kappa shape index (κ1) is 27.0. The van der Waals surface area contributed by atoms with E-state index in [4.69, 9.17) is 0 Å². The summed E-state index contributed by atoms with van der Waals surface area (Å²) in [7, 11) is 0. The number of halogens is 12. The maximum absolute atomic E-state index is 13.0. The van der Waals surface area contributed by atoms with Crippen LogP contribution in [0.25, 0.3) is 0 Å². The molecule has 16 heteroatoms. The number of carbonyl (C=O) groups is 1. The fourth-order valence-corrected chi connectivity index (χ4v) is 3.13. The maximum Gasteiger partial charge on any atom is 0.423 e. The number of carbonyl (C=O) groups excluding carboxylic acids is 1. The quantitative estimate of drug-likeness (QED) is 0.488. The third kappa shape index (κ3) is 5.83. The number of hydrogen-bond acceptors (Lipinski definition) is 3. The zero-order valence-corrected chi connectivity index (χ0v) is 16.2. The SMILES string of the molecule is CC(=O)N1c2ccc(C)cc2C(OC(C(F)(F)F)C(F)(F)F)C1OC(C(F)(F)F)C(F)(F)F. The van der Waals surface area contributed by atoms with Gasteiger partial charge < -0.3 is 9.47 Å². The predicted molar refractivity (Wildman–Crippen MR) is 84.8 cm³/mol. The van der Waals surface area contributed by atoms with Crippen LogP contribution in [0.3, 0.4) is 0 Å². The molecule has 1 aliphatic heterocycles. The van der Waals surface area contributed by atoms with Crippen LogP contribution >= 0.6 is 0 Å². The molecular weight excluding hydrogens is 494 g/mol. The molecular formula is C17H13F12NO3. The Morgan fingerprint density at radius 3 is 1.64 bits per heavy atom. The Morgan fingerprint density at radius 2 is 1.24 bits per heavy atom. The Balaban J connectivity index is 2.68. The molecule has 0 saturated carbocycles. The van der Waals surface area contributed by atoms with Gasteiger partial charge in [0.2, 0.25) is 12.0 Å². The van der Waals surface area contributed by atoms with Crippen molar-refractivity contribution in [1.29, 1.82) is 0 Å². The van der Waals surface area contributed by atoms with E-state index in [1.54, 1.807) is 0 Å². The zero-order valence-electron chi connectivity index (χ0n) is 16.2. The van der Waals surface area contributed by atoms with E-state index >= 15 is 0 Å². The molecule has 0 fully saturated rings. The number of nitrogens with zero attached hydrogens (tertiary/aromatic N) is 1. The Labute approximate surface area is 177 Å². The molecule has 0 radical (unpaired) electrons. The molecule has 0 aliphatic carbocycles. The molecule has 2 rings (SSSR count). The van der Waals surface area contributed by atoms with Crippen LogP contribution in [0.15, 0.2) is 18.2 Å². The minimum Gasteiger partial charge on any atom is -0.348 e. The molecule has 0 aromatic heterocycles. The summed E-state index contributed by atoms with van der Waals surface area (Å²) in [5.74, 6) is -1.32. The molecule has 1 aromatic carbocycles. The van der Waals surface area contributed by atoms with E-state index in [2.05, 4.69) is 9.47 Å². The highest BCUT2D eigenvalue weighted by atomic mass is 19.4. The Bertz CT molecular complexity index is 846. The number of aryl methyl sites for hydroxylation is 1. The second-order valence-corrected chi connectivity index (χ2v) is 6.96. The van der Waals surface area contributed by atoms with Crippen LogP contribution in [-0.2, 0) is 14.3 Å². The number of benzene rings is 1. The molecule has 0 bridgehead atoms. The van der Waals surface area contributed by atoms with Crippen molar-refractivity contribution in [3.05, 3.63) is 29.3 Å². The highest BCUT2D eigenvalue weighted by Crippen LogP contribution is 2.49. The summed E-state index contributed by atoms with van der Waals surface area (Å²) in [5, 5.41) is 0. The number of hydrogen-bond donors (Lipinski definition) is 0. The normalized spacial score (nSPS) is 20.1. The Morgan fingerprint density at radius 1 is 0.818 bits per heavy atom. The van der Waals surface area contributed by atoms with Gasteiger partial charge >= 0.3 is 24.7 Å². The number of rotatable bonds is 4. The van der Waals surface area contributed by atoms with Crippen LogP contribution in [-0.4, -0.2) is 49.0 Å². The topological polar surface area (TPSA) is 38.8 Å². The minimum atomic E-state index is -6.18. The van der Waals surface area contributed by atoms with Gasteiger partial charge in [0.25, 0.3) is 6.10 Å². The van der Waals surface area contributed by atoms with Crippen molar-refractivity contribution in [3.8, 4) is 0 Å². The van der Waals surface area contributed by atoms with Gasteiger partial charge in [-0.2, -0.15) is 52.7 Å². The molecule has 2 atom stereocenters. The predicted octanol–water partition coefficient (Wildman–Crippen LogP) is 5.75. The van der Waals surface area contributed by atoms with Crippen molar-refractivity contribution >= 4 is 11.6 Å². The zero-order chi connectivity index (χ0) is 25.7.